The van der Waals surface area contributed by atoms with Crippen molar-refractivity contribution in [1.29, 1.82) is 0 Å². The molecule has 0 bridgehead atoms. The fraction of sp³-hybridized carbons (Fsp3) is 0.320. The predicted octanol–water partition coefficient (Wildman–Crippen LogP) is 4.44. The van der Waals surface area contributed by atoms with Crippen molar-refractivity contribution in [1.82, 2.24) is 10.2 Å². The molecule has 4 rings (SSSR count). The summed E-state index contributed by atoms with van der Waals surface area (Å²) >= 11 is 1.72. The number of hydrogen-bond acceptors (Lipinski definition) is 5. The zero-order chi connectivity index (χ0) is 21.6. The number of carbonyl (C=O) groups excluding carboxylic acids is 1. The van der Waals surface area contributed by atoms with E-state index in [-0.39, 0.29) is 18.1 Å². The van der Waals surface area contributed by atoms with Gasteiger partial charge in [0.1, 0.15) is 17.6 Å². The predicted molar refractivity (Wildman–Crippen MR) is 124 cm³/mol. The van der Waals surface area contributed by atoms with Gasteiger partial charge in [-0.05, 0) is 30.5 Å². The number of hydrogen-bond donors (Lipinski definition) is 1. The molecule has 1 amide bonds. The fourth-order valence-electron chi connectivity index (χ4n) is 4.00. The Morgan fingerprint density at radius 2 is 2.00 bits per heavy atom. The first-order valence-electron chi connectivity index (χ1n) is 10.5. The zero-order valence-corrected chi connectivity index (χ0v) is 18.7. The summed E-state index contributed by atoms with van der Waals surface area (Å²) in [6.45, 7) is 3.63. The van der Waals surface area contributed by atoms with Crippen LogP contribution in [-0.4, -0.2) is 37.0 Å². The van der Waals surface area contributed by atoms with E-state index < -0.39 is 0 Å². The fourth-order valence-corrected chi connectivity index (χ4v) is 4.84. The van der Waals surface area contributed by atoms with Gasteiger partial charge in [-0.25, -0.2) is 0 Å². The van der Waals surface area contributed by atoms with Gasteiger partial charge < -0.3 is 14.8 Å². The largest absolute Gasteiger partial charge is 0.496 e. The number of fused-ring (bicyclic) bond motifs is 1. The third kappa shape index (κ3) is 5.46. The summed E-state index contributed by atoms with van der Waals surface area (Å²) in [6.07, 6.45) is 0.621. The number of amides is 1. The molecule has 0 aliphatic carbocycles. The number of methoxy groups -OCH3 is 1. The highest BCUT2D eigenvalue weighted by molar-refractivity contribution is 7.09. The van der Waals surface area contributed by atoms with E-state index in [4.69, 9.17) is 9.47 Å². The molecule has 5 nitrogen and oxygen atoms in total. The minimum atomic E-state index is -0.226. The van der Waals surface area contributed by atoms with Crippen molar-refractivity contribution in [3.05, 3.63) is 82.0 Å². The summed E-state index contributed by atoms with van der Waals surface area (Å²) in [5.74, 6) is 1.68. The molecule has 0 spiro atoms. The summed E-state index contributed by atoms with van der Waals surface area (Å²) in [4.78, 5) is 16.3. The smallest absolute Gasteiger partial charge is 0.234 e. The summed E-state index contributed by atoms with van der Waals surface area (Å²) in [5.41, 5.74) is 2.07. The van der Waals surface area contributed by atoms with Crippen LogP contribution < -0.4 is 14.8 Å². The second-order valence-electron chi connectivity index (χ2n) is 7.88. The van der Waals surface area contributed by atoms with Gasteiger partial charge in [-0.15, -0.1) is 11.3 Å². The highest BCUT2D eigenvalue weighted by Gasteiger charge is 2.27. The minimum Gasteiger partial charge on any atom is -0.496 e. The van der Waals surface area contributed by atoms with Crippen molar-refractivity contribution in [2.24, 2.45) is 0 Å². The van der Waals surface area contributed by atoms with Gasteiger partial charge in [0.05, 0.1) is 13.7 Å². The van der Waals surface area contributed by atoms with Crippen LogP contribution in [0.5, 0.6) is 11.5 Å². The van der Waals surface area contributed by atoms with Crippen molar-refractivity contribution >= 4 is 17.2 Å². The molecule has 0 saturated carbocycles. The van der Waals surface area contributed by atoms with E-state index in [0.717, 1.165) is 29.0 Å². The molecule has 1 N–H and O–H groups in total. The topological polar surface area (TPSA) is 50.8 Å². The monoisotopic (exact) mass is 436 g/mol. The van der Waals surface area contributed by atoms with Gasteiger partial charge in [-0.2, -0.15) is 0 Å². The number of carbonyl (C=O) groups is 1. The van der Waals surface area contributed by atoms with Crippen LogP contribution in [0.25, 0.3) is 0 Å². The van der Waals surface area contributed by atoms with E-state index in [0.29, 0.717) is 19.6 Å². The second-order valence-corrected chi connectivity index (χ2v) is 8.91. The Kier molecular flexibility index (Phi) is 6.89. The molecular formula is C25H28N2O3S. The molecule has 1 aliphatic rings. The quantitative estimate of drug-likeness (QED) is 0.595. The second kappa shape index (κ2) is 9.98. The van der Waals surface area contributed by atoms with E-state index >= 15 is 0 Å². The number of rotatable bonds is 7. The first-order chi connectivity index (χ1) is 15.1. The Hall–Kier alpha value is -2.83. The van der Waals surface area contributed by atoms with Crippen LogP contribution in [0.3, 0.4) is 0 Å². The molecule has 3 aromatic rings. The number of nitrogens with zero attached hydrogens (tertiary/aromatic N) is 1. The van der Waals surface area contributed by atoms with Crippen molar-refractivity contribution in [2.45, 2.75) is 32.0 Å². The Labute approximate surface area is 187 Å². The van der Waals surface area contributed by atoms with Gasteiger partial charge in [-0.3, -0.25) is 9.69 Å². The van der Waals surface area contributed by atoms with Crippen LogP contribution in [0.4, 0.5) is 0 Å². The maximum atomic E-state index is 12.8. The van der Waals surface area contributed by atoms with Gasteiger partial charge in [0, 0.05) is 41.6 Å². The number of nitrogens with one attached hydrogen (secondary N) is 1. The molecule has 2 aromatic carbocycles. The molecule has 1 aliphatic heterocycles. The van der Waals surface area contributed by atoms with Gasteiger partial charge >= 0.3 is 0 Å². The summed E-state index contributed by atoms with van der Waals surface area (Å²) in [7, 11) is 1.67. The highest BCUT2D eigenvalue weighted by Crippen LogP contribution is 2.34. The van der Waals surface area contributed by atoms with Crippen LogP contribution in [-0.2, 0) is 17.8 Å². The zero-order valence-electron chi connectivity index (χ0n) is 17.9. The normalized spacial score (nSPS) is 17.2. The average Bonchev–Trinajstić information content (AvgIpc) is 3.19. The maximum absolute atomic E-state index is 12.8. The number of thiophene rings is 1. The minimum absolute atomic E-state index is 0.0298. The molecule has 0 fully saturated rings. The molecule has 6 heteroatoms. The molecule has 2 atom stereocenters. The van der Waals surface area contributed by atoms with Crippen molar-refractivity contribution in [2.75, 3.05) is 20.2 Å². The van der Waals surface area contributed by atoms with E-state index in [9.17, 15) is 4.79 Å². The number of benzene rings is 2. The van der Waals surface area contributed by atoms with Gasteiger partial charge in [-0.1, -0.05) is 42.5 Å². The molecule has 2 unspecified atom stereocenters. The van der Waals surface area contributed by atoms with Gasteiger partial charge in [0.15, 0.2) is 0 Å². The Morgan fingerprint density at radius 3 is 2.81 bits per heavy atom. The lowest BCUT2D eigenvalue weighted by molar-refractivity contribution is -0.123. The Bertz CT molecular complexity index is 1010. The van der Waals surface area contributed by atoms with Crippen LogP contribution >= 0.6 is 11.3 Å². The average molecular weight is 437 g/mol. The molecule has 162 valence electrons. The van der Waals surface area contributed by atoms with E-state index in [2.05, 4.69) is 34.7 Å². The standard InChI is InChI=1S/C25H28N2O3S/c1-18(14-20-9-7-13-31-20)26-25(28)17-27-15-19-8-3-5-11-22(19)30-24(16-27)21-10-4-6-12-23(21)29-2/h3-13,18,24H,14-17H2,1-2H3,(H,26,28). The maximum Gasteiger partial charge on any atom is 0.234 e. The number of para-hydroxylation sites is 2. The first kappa shape index (κ1) is 21.4. The molecule has 2 heterocycles. The van der Waals surface area contributed by atoms with Crippen molar-refractivity contribution in [3.8, 4) is 11.5 Å². The Balaban J connectivity index is 1.49. The van der Waals surface area contributed by atoms with Crippen molar-refractivity contribution < 1.29 is 14.3 Å². The van der Waals surface area contributed by atoms with E-state index in [1.165, 1.54) is 4.88 Å². The van der Waals surface area contributed by atoms with Crippen LogP contribution in [0.2, 0.25) is 0 Å². The van der Waals surface area contributed by atoms with E-state index in [1.54, 1.807) is 18.4 Å². The third-order valence-electron chi connectivity index (χ3n) is 5.41. The van der Waals surface area contributed by atoms with Crippen LogP contribution in [0.1, 0.15) is 29.0 Å². The highest BCUT2D eigenvalue weighted by atomic mass is 32.1. The van der Waals surface area contributed by atoms with Gasteiger partial charge in [0.25, 0.3) is 0 Å². The molecular weight excluding hydrogens is 408 g/mol. The first-order valence-corrected chi connectivity index (χ1v) is 11.4. The Morgan fingerprint density at radius 1 is 1.19 bits per heavy atom. The van der Waals surface area contributed by atoms with Crippen molar-refractivity contribution in [3.63, 3.8) is 0 Å². The molecule has 0 radical (unpaired) electrons. The lowest BCUT2D eigenvalue weighted by Crippen LogP contribution is -2.42. The molecule has 1 aromatic heterocycles. The summed E-state index contributed by atoms with van der Waals surface area (Å²) < 4.78 is 12.0. The summed E-state index contributed by atoms with van der Waals surface area (Å²) in [5, 5.41) is 5.21. The lowest BCUT2D eigenvalue weighted by Gasteiger charge is -2.25. The molecule has 31 heavy (non-hydrogen) atoms. The van der Waals surface area contributed by atoms with Crippen LogP contribution in [0, 0.1) is 0 Å². The SMILES string of the molecule is COc1ccccc1C1CN(CC(=O)NC(C)Cc2cccs2)Cc2ccccc2O1. The van der Waals surface area contributed by atoms with E-state index in [1.807, 2.05) is 48.5 Å². The van der Waals surface area contributed by atoms with Crippen LogP contribution in [0.15, 0.2) is 66.0 Å². The lowest BCUT2D eigenvalue weighted by atomic mass is 10.1. The third-order valence-corrected chi connectivity index (χ3v) is 6.31. The summed E-state index contributed by atoms with van der Waals surface area (Å²) in [6, 6.07) is 20.2. The molecule has 0 saturated heterocycles. The van der Waals surface area contributed by atoms with Gasteiger partial charge in [0.2, 0.25) is 5.91 Å². The number of ether oxygens (including phenoxy) is 2.